The third kappa shape index (κ3) is 3.18. The summed E-state index contributed by atoms with van der Waals surface area (Å²) in [5.74, 6) is 0.515. The van der Waals surface area contributed by atoms with E-state index in [1.165, 1.54) is 4.31 Å². The van der Waals surface area contributed by atoms with E-state index in [0.29, 0.717) is 54.6 Å². The SMILES string of the molecule is Cc1nn(CN2CCN(S(=O)(=O)c3cccc4nsnc34)CC2)c(=S)o1. The summed E-state index contributed by atoms with van der Waals surface area (Å²) in [6, 6.07) is 5.05. The van der Waals surface area contributed by atoms with Gasteiger partial charge in [0, 0.05) is 33.1 Å². The number of sulfonamides is 1. The number of benzene rings is 1. The Bertz CT molecular complexity index is 1090. The highest BCUT2D eigenvalue weighted by Crippen LogP contribution is 2.25. The number of aryl methyl sites for hydroxylation is 1. The summed E-state index contributed by atoms with van der Waals surface area (Å²) in [5.41, 5.74) is 1.04. The molecule has 26 heavy (non-hydrogen) atoms. The van der Waals surface area contributed by atoms with Crippen molar-refractivity contribution < 1.29 is 12.8 Å². The third-order valence-corrected chi connectivity index (χ3v) is 7.01. The van der Waals surface area contributed by atoms with Crippen molar-refractivity contribution in [3.05, 3.63) is 28.9 Å². The molecule has 9 nitrogen and oxygen atoms in total. The van der Waals surface area contributed by atoms with Crippen LogP contribution in [0.5, 0.6) is 0 Å². The Balaban J connectivity index is 1.49. The van der Waals surface area contributed by atoms with E-state index in [2.05, 4.69) is 18.7 Å². The topological polar surface area (TPSA) is 97.4 Å². The van der Waals surface area contributed by atoms with Crippen LogP contribution in [0.4, 0.5) is 0 Å². The zero-order chi connectivity index (χ0) is 18.3. The number of piperazine rings is 1. The van der Waals surface area contributed by atoms with Gasteiger partial charge in [0.1, 0.15) is 15.9 Å². The van der Waals surface area contributed by atoms with Crippen LogP contribution in [0.3, 0.4) is 0 Å². The lowest BCUT2D eigenvalue weighted by molar-refractivity contribution is 0.143. The van der Waals surface area contributed by atoms with E-state index < -0.39 is 10.0 Å². The van der Waals surface area contributed by atoms with Gasteiger partial charge in [-0.2, -0.15) is 13.1 Å². The Morgan fingerprint density at radius 3 is 2.69 bits per heavy atom. The Kier molecular flexibility index (Phi) is 4.61. The van der Waals surface area contributed by atoms with Gasteiger partial charge in [0.15, 0.2) is 0 Å². The molecule has 138 valence electrons. The zero-order valence-corrected chi connectivity index (χ0v) is 16.3. The molecule has 0 N–H and O–H groups in total. The molecule has 0 amide bonds. The Labute approximate surface area is 159 Å². The highest BCUT2D eigenvalue weighted by molar-refractivity contribution is 7.89. The number of fused-ring (bicyclic) bond motifs is 1. The fourth-order valence-corrected chi connectivity index (χ4v) is 5.32. The van der Waals surface area contributed by atoms with Gasteiger partial charge < -0.3 is 4.42 Å². The summed E-state index contributed by atoms with van der Waals surface area (Å²) < 4.78 is 42.6. The summed E-state index contributed by atoms with van der Waals surface area (Å²) in [4.78, 5) is 2.63. The van der Waals surface area contributed by atoms with Crippen LogP contribution in [-0.2, 0) is 16.7 Å². The van der Waals surface area contributed by atoms with E-state index in [1.54, 1.807) is 29.8 Å². The van der Waals surface area contributed by atoms with Gasteiger partial charge in [0.2, 0.25) is 15.9 Å². The summed E-state index contributed by atoms with van der Waals surface area (Å²) in [6.07, 6.45) is 0. The molecule has 1 aliphatic heterocycles. The van der Waals surface area contributed by atoms with Gasteiger partial charge in [0.25, 0.3) is 4.84 Å². The second kappa shape index (κ2) is 6.78. The normalized spacial score (nSPS) is 17.1. The molecule has 1 aliphatic rings. The molecule has 1 aromatic carbocycles. The van der Waals surface area contributed by atoms with Gasteiger partial charge in [-0.15, -0.1) is 5.10 Å². The van der Waals surface area contributed by atoms with Crippen LogP contribution in [-0.4, -0.2) is 62.3 Å². The molecule has 1 saturated heterocycles. The van der Waals surface area contributed by atoms with Gasteiger partial charge in [0.05, 0.1) is 18.4 Å². The van der Waals surface area contributed by atoms with Crippen molar-refractivity contribution in [2.75, 3.05) is 26.2 Å². The Morgan fingerprint density at radius 2 is 2.00 bits per heavy atom. The van der Waals surface area contributed by atoms with Gasteiger partial charge in [-0.05, 0) is 24.4 Å². The fourth-order valence-electron chi connectivity index (χ4n) is 2.93. The van der Waals surface area contributed by atoms with Crippen molar-refractivity contribution in [2.24, 2.45) is 0 Å². The average molecular weight is 413 g/mol. The Morgan fingerprint density at radius 1 is 1.23 bits per heavy atom. The molecule has 3 aromatic rings. The van der Waals surface area contributed by atoms with Crippen LogP contribution in [0.1, 0.15) is 5.89 Å². The molecule has 4 rings (SSSR count). The van der Waals surface area contributed by atoms with Crippen molar-refractivity contribution in [1.82, 2.24) is 27.7 Å². The molecular weight excluding hydrogens is 396 g/mol. The number of hydrogen-bond acceptors (Lipinski definition) is 9. The quantitative estimate of drug-likeness (QED) is 0.595. The minimum Gasteiger partial charge on any atom is -0.414 e. The first kappa shape index (κ1) is 17.7. The smallest absolute Gasteiger partial charge is 0.288 e. The number of hydrogen-bond donors (Lipinski definition) is 0. The largest absolute Gasteiger partial charge is 0.414 e. The monoisotopic (exact) mass is 412 g/mol. The standard InChI is InChI=1S/C14H16N6O3S3/c1-10-15-20(14(24)23-10)9-18-5-7-19(8-6-18)26(21,22)12-4-2-3-11-13(12)17-25-16-11/h2-4H,5-9H2,1H3. The van der Waals surface area contributed by atoms with Crippen molar-refractivity contribution in [3.8, 4) is 0 Å². The number of nitrogens with zero attached hydrogens (tertiary/aromatic N) is 6. The van der Waals surface area contributed by atoms with Crippen LogP contribution in [0, 0.1) is 11.8 Å². The molecular formula is C14H16N6O3S3. The summed E-state index contributed by atoms with van der Waals surface area (Å²) in [5, 5.41) is 4.21. The predicted molar refractivity (Wildman–Crippen MR) is 97.8 cm³/mol. The van der Waals surface area contributed by atoms with Crippen LogP contribution >= 0.6 is 23.9 Å². The van der Waals surface area contributed by atoms with Gasteiger partial charge >= 0.3 is 0 Å². The second-order valence-electron chi connectivity index (χ2n) is 5.94. The van der Waals surface area contributed by atoms with E-state index >= 15 is 0 Å². The minimum atomic E-state index is -3.61. The molecule has 12 heteroatoms. The summed E-state index contributed by atoms with van der Waals surface area (Å²) >= 11 is 6.13. The molecule has 0 bridgehead atoms. The zero-order valence-electron chi connectivity index (χ0n) is 13.9. The predicted octanol–water partition coefficient (Wildman–Crippen LogP) is 1.48. The lowest BCUT2D eigenvalue weighted by Crippen LogP contribution is -2.49. The molecule has 0 aliphatic carbocycles. The molecule has 3 heterocycles. The summed E-state index contributed by atoms with van der Waals surface area (Å²) in [7, 11) is -3.61. The van der Waals surface area contributed by atoms with Crippen LogP contribution in [0.15, 0.2) is 27.5 Å². The molecule has 0 atom stereocenters. The van der Waals surface area contributed by atoms with E-state index in [1.807, 2.05) is 0 Å². The lowest BCUT2D eigenvalue weighted by Gasteiger charge is -2.33. The molecule has 2 aromatic heterocycles. The average Bonchev–Trinajstić information content (AvgIpc) is 3.21. The van der Waals surface area contributed by atoms with Crippen molar-refractivity contribution in [3.63, 3.8) is 0 Å². The maximum absolute atomic E-state index is 13.0. The first-order valence-electron chi connectivity index (χ1n) is 7.93. The number of aromatic nitrogens is 4. The van der Waals surface area contributed by atoms with Gasteiger partial charge in [-0.1, -0.05) is 6.07 Å². The first-order valence-corrected chi connectivity index (χ1v) is 10.5. The second-order valence-corrected chi connectivity index (χ2v) is 8.72. The van der Waals surface area contributed by atoms with Crippen LogP contribution in [0.2, 0.25) is 0 Å². The highest BCUT2D eigenvalue weighted by atomic mass is 32.2. The van der Waals surface area contributed by atoms with Crippen LogP contribution < -0.4 is 0 Å². The van der Waals surface area contributed by atoms with Crippen molar-refractivity contribution in [2.45, 2.75) is 18.5 Å². The summed E-state index contributed by atoms with van der Waals surface area (Å²) in [6.45, 7) is 4.16. The fraction of sp³-hybridized carbons (Fsp3) is 0.429. The maximum atomic E-state index is 13.0. The van der Waals surface area contributed by atoms with E-state index in [-0.39, 0.29) is 4.90 Å². The van der Waals surface area contributed by atoms with Crippen molar-refractivity contribution >= 4 is 45.0 Å². The maximum Gasteiger partial charge on any atom is 0.288 e. The highest BCUT2D eigenvalue weighted by Gasteiger charge is 2.30. The van der Waals surface area contributed by atoms with E-state index in [4.69, 9.17) is 16.6 Å². The van der Waals surface area contributed by atoms with E-state index in [0.717, 1.165) is 11.7 Å². The van der Waals surface area contributed by atoms with Gasteiger partial charge in [-0.25, -0.2) is 13.1 Å². The first-order chi connectivity index (χ1) is 12.4. The third-order valence-electron chi connectivity index (χ3n) is 4.24. The van der Waals surface area contributed by atoms with Crippen LogP contribution in [0.25, 0.3) is 11.0 Å². The molecule has 0 radical (unpaired) electrons. The van der Waals surface area contributed by atoms with E-state index in [9.17, 15) is 8.42 Å². The minimum absolute atomic E-state index is 0.214. The van der Waals surface area contributed by atoms with Crippen molar-refractivity contribution in [1.29, 1.82) is 0 Å². The van der Waals surface area contributed by atoms with Gasteiger partial charge in [-0.3, -0.25) is 4.90 Å². The molecule has 1 fully saturated rings. The molecule has 0 unspecified atom stereocenters. The molecule has 0 spiro atoms. The Hall–Kier alpha value is -1.73. The lowest BCUT2D eigenvalue weighted by atomic mass is 10.3. The number of rotatable bonds is 4. The molecule has 0 saturated carbocycles.